The number of methoxy groups -OCH3 is 1. The summed E-state index contributed by atoms with van der Waals surface area (Å²) in [6.07, 6.45) is 0. The number of hydrogen-bond donors (Lipinski definition) is 0. The maximum atomic E-state index is 12.3. The number of benzene rings is 1. The maximum absolute atomic E-state index is 12.3. The third-order valence-corrected chi connectivity index (χ3v) is 4.09. The SMILES string of the molecule is COC(=O)C(C)CN(C)C(=O)c1cc(Br)ccc1I. The zero-order chi connectivity index (χ0) is 14.6. The van der Waals surface area contributed by atoms with E-state index in [1.165, 1.54) is 12.0 Å². The van der Waals surface area contributed by atoms with Crippen molar-refractivity contribution >= 4 is 50.4 Å². The minimum Gasteiger partial charge on any atom is -0.469 e. The van der Waals surface area contributed by atoms with Gasteiger partial charge in [0.15, 0.2) is 0 Å². The Labute approximate surface area is 134 Å². The summed E-state index contributed by atoms with van der Waals surface area (Å²) in [5, 5.41) is 0. The van der Waals surface area contributed by atoms with E-state index in [4.69, 9.17) is 0 Å². The van der Waals surface area contributed by atoms with Crippen molar-refractivity contribution in [1.29, 1.82) is 0 Å². The van der Waals surface area contributed by atoms with Gasteiger partial charge in [0, 0.05) is 21.6 Å². The van der Waals surface area contributed by atoms with Gasteiger partial charge in [0.25, 0.3) is 5.91 Å². The van der Waals surface area contributed by atoms with Crippen molar-refractivity contribution < 1.29 is 14.3 Å². The number of rotatable bonds is 4. The van der Waals surface area contributed by atoms with Crippen LogP contribution in [-0.4, -0.2) is 37.5 Å². The van der Waals surface area contributed by atoms with Gasteiger partial charge in [0.2, 0.25) is 0 Å². The molecule has 1 aromatic carbocycles. The van der Waals surface area contributed by atoms with Crippen LogP contribution in [0.4, 0.5) is 0 Å². The molecule has 0 heterocycles. The molecule has 0 spiro atoms. The Hall–Kier alpha value is -0.630. The van der Waals surface area contributed by atoms with E-state index in [1.807, 2.05) is 12.1 Å². The first-order valence-electron chi connectivity index (χ1n) is 5.65. The molecule has 0 aromatic heterocycles. The second kappa shape index (κ2) is 7.23. The van der Waals surface area contributed by atoms with Gasteiger partial charge < -0.3 is 9.64 Å². The van der Waals surface area contributed by atoms with Crippen LogP contribution in [0.1, 0.15) is 17.3 Å². The van der Waals surface area contributed by atoms with Crippen molar-refractivity contribution in [2.75, 3.05) is 20.7 Å². The summed E-state index contributed by atoms with van der Waals surface area (Å²) in [4.78, 5) is 25.2. The summed E-state index contributed by atoms with van der Waals surface area (Å²) in [5.41, 5.74) is 0.620. The molecule has 0 aliphatic carbocycles. The van der Waals surface area contributed by atoms with Crippen LogP contribution in [0.25, 0.3) is 0 Å². The molecule has 0 aliphatic rings. The summed E-state index contributed by atoms with van der Waals surface area (Å²) in [6, 6.07) is 5.54. The fourth-order valence-corrected chi connectivity index (χ4v) is 2.56. The van der Waals surface area contributed by atoms with Gasteiger partial charge in [-0.15, -0.1) is 0 Å². The molecular weight excluding hydrogens is 425 g/mol. The molecule has 0 bridgehead atoms. The molecule has 6 heteroatoms. The second-order valence-corrected chi connectivity index (χ2v) is 6.31. The molecular formula is C13H15BrINO3. The van der Waals surface area contributed by atoms with E-state index in [1.54, 1.807) is 20.0 Å². The lowest BCUT2D eigenvalue weighted by atomic mass is 10.1. The molecule has 104 valence electrons. The predicted octanol–water partition coefficient (Wildman–Crippen LogP) is 2.93. The van der Waals surface area contributed by atoms with Gasteiger partial charge in [-0.3, -0.25) is 9.59 Å². The lowest BCUT2D eigenvalue weighted by Crippen LogP contribution is -2.34. The molecule has 1 rings (SSSR count). The molecule has 0 saturated carbocycles. The zero-order valence-electron chi connectivity index (χ0n) is 10.9. The molecule has 0 fully saturated rings. The molecule has 19 heavy (non-hydrogen) atoms. The number of nitrogens with zero attached hydrogens (tertiary/aromatic N) is 1. The van der Waals surface area contributed by atoms with Crippen molar-refractivity contribution in [2.24, 2.45) is 5.92 Å². The quantitative estimate of drug-likeness (QED) is 0.535. The number of halogens is 2. The normalized spacial score (nSPS) is 11.8. The van der Waals surface area contributed by atoms with Crippen LogP contribution in [0, 0.1) is 9.49 Å². The minimum atomic E-state index is -0.344. The highest BCUT2D eigenvalue weighted by Crippen LogP contribution is 2.20. The molecule has 4 nitrogen and oxygen atoms in total. The molecule has 1 aromatic rings. The lowest BCUT2D eigenvalue weighted by Gasteiger charge is -2.21. The molecule has 0 radical (unpaired) electrons. The summed E-state index contributed by atoms with van der Waals surface area (Å²) < 4.78 is 6.39. The number of carbonyl (C=O) groups is 2. The standard InChI is InChI=1S/C13H15BrINO3/c1-8(13(18)19-3)7-16(2)12(17)10-6-9(14)4-5-11(10)15/h4-6,8H,7H2,1-3H3. The lowest BCUT2D eigenvalue weighted by molar-refractivity contribution is -0.145. The highest BCUT2D eigenvalue weighted by atomic mass is 127. The third-order valence-electron chi connectivity index (χ3n) is 2.66. The van der Waals surface area contributed by atoms with Gasteiger partial charge in [-0.05, 0) is 40.8 Å². The van der Waals surface area contributed by atoms with E-state index in [9.17, 15) is 9.59 Å². The zero-order valence-corrected chi connectivity index (χ0v) is 14.7. The van der Waals surface area contributed by atoms with Crippen LogP contribution in [-0.2, 0) is 9.53 Å². The van der Waals surface area contributed by atoms with E-state index in [0.717, 1.165) is 8.04 Å². The Kier molecular flexibility index (Phi) is 6.25. The Morgan fingerprint density at radius 3 is 2.68 bits per heavy atom. The van der Waals surface area contributed by atoms with Crippen molar-refractivity contribution in [3.63, 3.8) is 0 Å². The predicted molar refractivity (Wildman–Crippen MR) is 85.0 cm³/mol. The number of ether oxygens (including phenoxy) is 1. The minimum absolute atomic E-state index is 0.110. The summed E-state index contributed by atoms with van der Waals surface area (Å²) >= 11 is 5.47. The summed E-state index contributed by atoms with van der Waals surface area (Å²) in [7, 11) is 3.02. The van der Waals surface area contributed by atoms with Crippen molar-refractivity contribution in [3.8, 4) is 0 Å². The van der Waals surface area contributed by atoms with Crippen LogP contribution < -0.4 is 0 Å². The largest absolute Gasteiger partial charge is 0.469 e. The summed E-state index contributed by atoms with van der Waals surface area (Å²) in [5.74, 6) is -0.770. The Balaban J connectivity index is 2.82. The molecule has 1 amide bonds. The monoisotopic (exact) mass is 439 g/mol. The summed E-state index contributed by atoms with van der Waals surface area (Å²) in [6.45, 7) is 2.07. The Morgan fingerprint density at radius 2 is 2.11 bits per heavy atom. The third kappa shape index (κ3) is 4.45. The first-order chi connectivity index (χ1) is 8.86. The van der Waals surface area contributed by atoms with E-state index < -0.39 is 0 Å². The molecule has 0 aliphatic heterocycles. The smallest absolute Gasteiger partial charge is 0.310 e. The van der Waals surface area contributed by atoms with Gasteiger partial charge in [-0.25, -0.2) is 0 Å². The average Bonchev–Trinajstić information content (AvgIpc) is 2.39. The number of carbonyl (C=O) groups excluding carboxylic acids is 2. The number of hydrogen-bond acceptors (Lipinski definition) is 3. The van der Waals surface area contributed by atoms with E-state index in [-0.39, 0.29) is 17.8 Å². The van der Waals surface area contributed by atoms with Crippen LogP contribution >= 0.6 is 38.5 Å². The van der Waals surface area contributed by atoms with E-state index >= 15 is 0 Å². The van der Waals surface area contributed by atoms with Crippen LogP contribution in [0.5, 0.6) is 0 Å². The second-order valence-electron chi connectivity index (χ2n) is 4.23. The molecule has 1 unspecified atom stereocenters. The van der Waals surface area contributed by atoms with Gasteiger partial charge in [-0.1, -0.05) is 22.9 Å². The Bertz CT molecular complexity index is 493. The van der Waals surface area contributed by atoms with Gasteiger partial charge >= 0.3 is 5.97 Å². The first-order valence-corrected chi connectivity index (χ1v) is 7.52. The van der Waals surface area contributed by atoms with Crippen LogP contribution in [0.2, 0.25) is 0 Å². The highest BCUT2D eigenvalue weighted by Gasteiger charge is 2.21. The van der Waals surface area contributed by atoms with Crippen molar-refractivity contribution in [1.82, 2.24) is 4.90 Å². The van der Waals surface area contributed by atoms with Crippen molar-refractivity contribution in [2.45, 2.75) is 6.92 Å². The average molecular weight is 440 g/mol. The Morgan fingerprint density at radius 1 is 1.47 bits per heavy atom. The fourth-order valence-electron chi connectivity index (χ4n) is 1.64. The topological polar surface area (TPSA) is 46.6 Å². The molecule has 0 N–H and O–H groups in total. The fraction of sp³-hybridized carbons (Fsp3) is 0.385. The van der Waals surface area contributed by atoms with E-state index in [0.29, 0.717) is 12.1 Å². The van der Waals surface area contributed by atoms with Gasteiger partial charge in [0.05, 0.1) is 18.6 Å². The van der Waals surface area contributed by atoms with Gasteiger partial charge in [0.1, 0.15) is 0 Å². The van der Waals surface area contributed by atoms with Crippen LogP contribution in [0.3, 0.4) is 0 Å². The van der Waals surface area contributed by atoms with Gasteiger partial charge in [-0.2, -0.15) is 0 Å². The van der Waals surface area contributed by atoms with Crippen LogP contribution in [0.15, 0.2) is 22.7 Å². The number of amides is 1. The first kappa shape index (κ1) is 16.4. The number of esters is 1. The molecule has 1 atom stereocenters. The molecule has 0 saturated heterocycles. The van der Waals surface area contributed by atoms with Crippen molar-refractivity contribution in [3.05, 3.63) is 31.8 Å². The van der Waals surface area contributed by atoms with E-state index in [2.05, 4.69) is 43.3 Å². The highest BCUT2D eigenvalue weighted by molar-refractivity contribution is 14.1. The maximum Gasteiger partial charge on any atom is 0.310 e.